The van der Waals surface area contributed by atoms with Crippen LogP contribution in [0.3, 0.4) is 0 Å². The Bertz CT molecular complexity index is 448. The van der Waals surface area contributed by atoms with Crippen LogP contribution in [0, 0.1) is 5.92 Å². The molecule has 1 aliphatic rings. The van der Waals surface area contributed by atoms with Crippen molar-refractivity contribution in [3.05, 3.63) is 35.4 Å². The fourth-order valence-corrected chi connectivity index (χ4v) is 2.66. The van der Waals surface area contributed by atoms with E-state index in [0.29, 0.717) is 32.1 Å². The van der Waals surface area contributed by atoms with E-state index in [1.54, 1.807) is 0 Å². The van der Waals surface area contributed by atoms with E-state index in [1.807, 2.05) is 19.1 Å². The molecular formula is C17H27ClN2O2. The summed E-state index contributed by atoms with van der Waals surface area (Å²) in [5.41, 5.74) is 2.29. The Kier molecular flexibility index (Phi) is 9.13. The highest BCUT2D eigenvalue weighted by Crippen LogP contribution is 2.14. The van der Waals surface area contributed by atoms with Crippen molar-refractivity contribution in [2.24, 2.45) is 5.92 Å². The highest BCUT2D eigenvalue weighted by molar-refractivity contribution is 5.85. The van der Waals surface area contributed by atoms with Gasteiger partial charge in [-0.2, -0.15) is 0 Å². The van der Waals surface area contributed by atoms with Crippen LogP contribution in [-0.2, 0) is 22.7 Å². The van der Waals surface area contributed by atoms with Gasteiger partial charge in [-0.1, -0.05) is 24.3 Å². The van der Waals surface area contributed by atoms with Gasteiger partial charge in [-0.15, -0.1) is 12.4 Å². The Morgan fingerprint density at radius 2 is 2.14 bits per heavy atom. The van der Waals surface area contributed by atoms with Gasteiger partial charge < -0.3 is 15.4 Å². The molecule has 2 rings (SSSR count). The summed E-state index contributed by atoms with van der Waals surface area (Å²) in [6.45, 7) is 6.04. The largest absolute Gasteiger partial charge is 0.377 e. The first-order valence-corrected chi connectivity index (χ1v) is 7.91. The monoisotopic (exact) mass is 326 g/mol. The van der Waals surface area contributed by atoms with E-state index in [0.717, 1.165) is 30.6 Å². The van der Waals surface area contributed by atoms with Crippen LogP contribution in [0.5, 0.6) is 0 Å². The predicted molar refractivity (Wildman–Crippen MR) is 91.1 cm³/mol. The highest BCUT2D eigenvalue weighted by atomic mass is 35.5. The summed E-state index contributed by atoms with van der Waals surface area (Å²) >= 11 is 0. The summed E-state index contributed by atoms with van der Waals surface area (Å²) in [5.74, 6) is 0.814. The number of halogens is 1. The Hall–Kier alpha value is -1.10. The minimum Gasteiger partial charge on any atom is -0.377 e. The van der Waals surface area contributed by atoms with Crippen molar-refractivity contribution in [1.29, 1.82) is 0 Å². The Balaban J connectivity index is 0.00000242. The number of hydrogen-bond acceptors (Lipinski definition) is 3. The van der Waals surface area contributed by atoms with Crippen LogP contribution < -0.4 is 10.6 Å². The molecule has 1 heterocycles. The summed E-state index contributed by atoms with van der Waals surface area (Å²) in [5, 5.41) is 6.36. The van der Waals surface area contributed by atoms with Crippen LogP contribution >= 0.6 is 12.4 Å². The first kappa shape index (κ1) is 18.9. The van der Waals surface area contributed by atoms with E-state index in [2.05, 4.69) is 22.8 Å². The molecule has 1 aromatic rings. The first-order valence-electron chi connectivity index (χ1n) is 7.91. The van der Waals surface area contributed by atoms with E-state index >= 15 is 0 Å². The van der Waals surface area contributed by atoms with Gasteiger partial charge in [0.15, 0.2) is 0 Å². The van der Waals surface area contributed by atoms with E-state index in [9.17, 15) is 4.79 Å². The highest BCUT2D eigenvalue weighted by Gasteiger charge is 2.15. The average Bonchev–Trinajstić information content (AvgIpc) is 3.03. The smallest absolute Gasteiger partial charge is 0.220 e. The molecule has 1 fully saturated rings. The topological polar surface area (TPSA) is 50.4 Å². The summed E-state index contributed by atoms with van der Waals surface area (Å²) in [4.78, 5) is 11.9. The molecule has 0 saturated carbocycles. The lowest BCUT2D eigenvalue weighted by Crippen LogP contribution is -2.24. The zero-order valence-electron chi connectivity index (χ0n) is 13.3. The zero-order valence-corrected chi connectivity index (χ0v) is 14.1. The summed E-state index contributed by atoms with van der Waals surface area (Å²) in [6, 6.07) is 8.12. The molecule has 124 valence electrons. The van der Waals surface area contributed by atoms with Gasteiger partial charge in [0.05, 0.1) is 6.61 Å². The molecule has 0 aromatic heterocycles. The van der Waals surface area contributed by atoms with Gasteiger partial charge in [0, 0.05) is 19.6 Å². The molecule has 0 radical (unpaired) electrons. The van der Waals surface area contributed by atoms with Crippen molar-refractivity contribution in [2.75, 3.05) is 19.7 Å². The Morgan fingerprint density at radius 1 is 1.36 bits per heavy atom. The maximum absolute atomic E-state index is 11.9. The van der Waals surface area contributed by atoms with Crippen molar-refractivity contribution in [3.63, 3.8) is 0 Å². The Morgan fingerprint density at radius 3 is 2.82 bits per heavy atom. The van der Waals surface area contributed by atoms with Crippen molar-refractivity contribution < 1.29 is 9.53 Å². The van der Waals surface area contributed by atoms with Gasteiger partial charge in [0.1, 0.15) is 0 Å². The molecule has 4 nitrogen and oxygen atoms in total. The molecule has 0 spiro atoms. The number of ether oxygens (including phenoxy) is 1. The molecule has 1 aliphatic heterocycles. The number of hydrogen-bond donors (Lipinski definition) is 2. The van der Waals surface area contributed by atoms with Crippen molar-refractivity contribution in [2.45, 2.75) is 39.3 Å². The van der Waals surface area contributed by atoms with E-state index in [4.69, 9.17) is 4.74 Å². The number of amides is 1. The van der Waals surface area contributed by atoms with Gasteiger partial charge in [-0.05, 0) is 49.9 Å². The second-order valence-electron chi connectivity index (χ2n) is 5.58. The zero-order chi connectivity index (χ0) is 14.9. The van der Waals surface area contributed by atoms with E-state index in [1.165, 1.54) is 6.42 Å². The number of benzene rings is 1. The summed E-state index contributed by atoms with van der Waals surface area (Å²) < 4.78 is 5.46. The molecule has 0 aliphatic carbocycles. The molecule has 1 aromatic carbocycles. The van der Waals surface area contributed by atoms with Crippen LogP contribution in [0.25, 0.3) is 0 Å². The SMILES string of the molecule is CCOCc1ccccc1CNC(=O)CCC1CCNC1.Cl. The van der Waals surface area contributed by atoms with Crippen molar-refractivity contribution in [3.8, 4) is 0 Å². The number of carbonyl (C=O) groups excluding carboxylic acids is 1. The average molecular weight is 327 g/mol. The molecular weight excluding hydrogens is 300 g/mol. The second-order valence-corrected chi connectivity index (χ2v) is 5.58. The molecule has 5 heteroatoms. The van der Waals surface area contributed by atoms with Gasteiger partial charge in [-0.3, -0.25) is 4.79 Å². The van der Waals surface area contributed by atoms with E-state index < -0.39 is 0 Å². The first-order chi connectivity index (χ1) is 10.3. The lowest BCUT2D eigenvalue weighted by Gasteiger charge is -2.12. The number of carbonyl (C=O) groups is 1. The third kappa shape index (κ3) is 6.34. The number of rotatable bonds is 8. The molecule has 2 N–H and O–H groups in total. The normalized spacial score (nSPS) is 17.0. The molecule has 1 saturated heterocycles. The lowest BCUT2D eigenvalue weighted by molar-refractivity contribution is -0.121. The van der Waals surface area contributed by atoms with Crippen LogP contribution in [0.4, 0.5) is 0 Å². The van der Waals surface area contributed by atoms with Crippen LogP contribution in [0.2, 0.25) is 0 Å². The Labute approximate surface area is 139 Å². The fraction of sp³-hybridized carbons (Fsp3) is 0.588. The maximum atomic E-state index is 11.9. The third-order valence-corrected chi connectivity index (χ3v) is 4.00. The minimum atomic E-state index is 0. The van der Waals surface area contributed by atoms with Crippen LogP contribution in [0.1, 0.15) is 37.3 Å². The van der Waals surface area contributed by atoms with Crippen molar-refractivity contribution >= 4 is 18.3 Å². The van der Waals surface area contributed by atoms with Gasteiger partial charge in [0.2, 0.25) is 5.91 Å². The fourth-order valence-electron chi connectivity index (χ4n) is 2.66. The predicted octanol–water partition coefficient (Wildman–Crippen LogP) is 2.65. The van der Waals surface area contributed by atoms with Crippen LogP contribution in [-0.4, -0.2) is 25.6 Å². The van der Waals surface area contributed by atoms with Crippen LogP contribution in [0.15, 0.2) is 24.3 Å². The molecule has 22 heavy (non-hydrogen) atoms. The quantitative estimate of drug-likeness (QED) is 0.772. The van der Waals surface area contributed by atoms with Gasteiger partial charge >= 0.3 is 0 Å². The standard InChI is InChI=1S/C17H26N2O2.ClH/c1-2-21-13-16-6-4-3-5-15(16)12-19-17(20)8-7-14-9-10-18-11-14;/h3-6,14,18H,2,7-13H2,1H3,(H,19,20);1H. The van der Waals surface area contributed by atoms with Crippen molar-refractivity contribution in [1.82, 2.24) is 10.6 Å². The maximum Gasteiger partial charge on any atom is 0.220 e. The lowest BCUT2D eigenvalue weighted by atomic mass is 10.0. The van der Waals surface area contributed by atoms with Gasteiger partial charge in [-0.25, -0.2) is 0 Å². The molecule has 1 unspecified atom stereocenters. The third-order valence-electron chi connectivity index (χ3n) is 4.00. The van der Waals surface area contributed by atoms with E-state index in [-0.39, 0.29) is 18.3 Å². The van der Waals surface area contributed by atoms with Gasteiger partial charge in [0.25, 0.3) is 0 Å². The number of nitrogens with one attached hydrogen (secondary N) is 2. The summed E-state index contributed by atoms with van der Waals surface area (Å²) in [6.07, 6.45) is 2.81. The summed E-state index contributed by atoms with van der Waals surface area (Å²) in [7, 11) is 0. The minimum absolute atomic E-state index is 0. The molecule has 1 atom stereocenters. The second kappa shape index (κ2) is 10.6. The molecule has 0 bridgehead atoms. The molecule has 1 amide bonds.